The highest BCUT2D eigenvalue weighted by Gasteiger charge is 2.03. The SMILES string of the molecule is CC(=O)NCC=Cc1cccc(C#N)c1F. The van der Waals surface area contributed by atoms with E-state index in [4.69, 9.17) is 5.26 Å². The van der Waals surface area contributed by atoms with Crippen LogP contribution in [0.3, 0.4) is 0 Å². The Kier molecular flexibility index (Phi) is 4.22. The standard InChI is InChI=1S/C12H11FN2O/c1-9(16)15-7-3-6-10-4-2-5-11(8-14)12(10)13/h2-6H,7H2,1H3,(H,15,16). The van der Waals surface area contributed by atoms with Gasteiger partial charge in [-0.1, -0.05) is 24.3 Å². The van der Waals surface area contributed by atoms with Gasteiger partial charge in [0, 0.05) is 19.0 Å². The van der Waals surface area contributed by atoms with Gasteiger partial charge in [-0.2, -0.15) is 5.26 Å². The molecule has 1 amide bonds. The molecule has 4 heteroatoms. The molecule has 0 saturated carbocycles. The van der Waals surface area contributed by atoms with Crippen molar-refractivity contribution in [1.29, 1.82) is 5.26 Å². The van der Waals surface area contributed by atoms with Gasteiger partial charge in [-0.3, -0.25) is 4.79 Å². The summed E-state index contributed by atoms with van der Waals surface area (Å²) in [6, 6.07) is 6.36. The molecular weight excluding hydrogens is 207 g/mol. The van der Waals surface area contributed by atoms with Crippen molar-refractivity contribution in [2.75, 3.05) is 6.54 Å². The summed E-state index contributed by atoms with van der Waals surface area (Å²) in [5.41, 5.74) is 0.353. The van der Waals surface area contributed by atoms with Crippen LogP contribution < -0.4 is 5.32 Å². The molecule has 0 atom stereocenters. The van der Waals surface area contributed by atoms with Crippen molar-refractivity contribution >= 4 is 12.0 Å². The number of hydrogen-bond donors (Lipinski definition) is 1. The second-order valence-electron chi connectivity index (χ2n) is 3.16. The number of benzene rings is 1. The van der Waals surface area contributed by atoms with Crippen LogP contribution in [0.15, 0.2) is 24.3 Å². The second kappa shape index (κ2) is 5.66. The van der Waals surface area contributed by atoms with Gasteiger partial charge in [-0.15, -0.1) is 0 Å². The van der Waals surface area contributed by atoms with Crippen LogP contribution in [0.5, 0.6) is 0 Å². The van der Waals surface area contributed by atoms with Crippen LogP contribution in [-0.2, 0) is 4.79 Å². The normalized spacial score (nSPS) is 10.1. The van der Waals surface area contributed by atoms with Crippen molar-refractivity contribution in [2.45, 2.75) is 6.92 Å². The number of carbonyl (C=O) groups is 1. The highest BCUT2D eigenvalue weighted by atomic mass is 19.1. The summed E-state index contributed by atoms with van der Waals surface area (Å²) in [6.45, 7) is 1.75. The number of nitrogens with one attached hydrogen (secondary N) is 1. The average molecular weight is 218 g/mol. The topological polar surface area (TPSA) is 52.9 Å². The Bertz CT molecular complexity index is 461. The fourth-order valence-electron chi connectivity index (χ4n) is 1.15. The van der Waals surface area contributed by atoms with Crippen LogP contribution in [-0.4, -0.2) is 12.5 Å². The van der Waals surface area contributed by atoms with Gasteiger partial charge in [0.05, 0.1) is 5.56 Å². The Hall–Kier alpha value is -2.15. The van der Waals surface area contributed by atoms with Gasteiger partial charge in [-0.05, 0) is 6.07 Å². The molecule has 0 fully saturated rings. The number of rotatable bonds is 3. The van der Waals surface area contributed by atoms with Gasteiger partial charge in [-0.25, -0.2) is 4.39 Å². The van der Waals surface area contributed by atoms with E-state index in [9.17, 15) is 9.18 Å². The maximum absolute atomic E-state index is 13.5. The van der Waals surface area contributed by atoms with Crippen molar-refractivity contribution in [3.8, 4) is 6.07 Å². The number of nitrogens with zero attached hydrogens (tertiary/aromatic N) is 1. The smallest absolute Gasteiger partial charge is 0.217 e. The molecule has 16 heavy (non-hydrogen) atoms. The first-order valence-electron chi connectivity index (χ1n) is 4.74. The molecule has 0 heterocycles. The van der Waals surface area contributed by atoms with Crippen LogP contribution in [0, 0.1) is 17.1 Å². The van der Waals surface area contributed by atoms with Crippen molar-refractivity contribution < 1.29 is 9.18 Å². The number of carbonyl (C=O) groups excluding carboxylic acids is 1. The summed E-state index contributed by atoms with van der Waals surface area (Å²) >= 11 is 0. The lowest BCUT2D eigenvalue weighted by Gasteiger charge is -1.99. The Balaban J connectivity index is 2.75. The minimum atomic E-state index is -0.538. The molecule has 1 rings (SSSR count). The van der Waals surface area contributed by atoms with Crippen LogP contribution in [0.2, 0.25) is 0 Å². The molecular formula is C12H11FN2O. The quantitative estimate of drug-likeness (QED) is 0.841. The molecule has 3 nitrogen and oxygen atoms in total. The van der Waals surface area contributed by atoms with Crippen LogP contribution in [0.4, 0.5) is 4.39 Å². The predicted octanol–water partition coefficient (Wildman–Crippen LogP) is 1.85. The second-order valence-corrected chi connectivity index (χ2v) is 3.16. The fraction of sp³-hybridized carbons (Fsp3) is 0.167. The third-order valence-electron chi connectivity index (χ3n) is 1.92. The van der Waals surface area contributed by atoms with Gasteiger partial charge in [0.25, 0.3) is 0 Å². The lowest BCUT2D eigenvalue weighted by Crippen LogP contribution is -2.19. The van der Waals surface area contributed by atoms with E-state index in [1.807, 2.05) is 0 Å². The molecule has 0 saturated heterocycles. The van der Waals surface area contributed by atoms with E-state index in [0.717, 1.165) is 0 Å². The Labute approximate surface area is 93.2 Å². The lowest BCUT2D eigenvalue weighted by atomic mass is 10.1. The maximum Gasteiger partial charge on any atom is 0.217 e. The van der Waals surface area contributed by atoms with Crippen LogP contribution in [0.1, 0.15) is 18.1 Å². The van der Waals surface area contributed by atoms with E-state index < -0.39 is 5.82 Å². The number of halogens is 1. The van der Waals surface area contributed by atoms with E-state index in [1.165, 1.54) is 19.1 Å². The zero-order valence-corrected chi connectivity index (χ0v) is 8.83. The van der Waals surface area contributed by atoms with Gasteiger partial charge in [0.15, 0.2) is 0 Å². The Morgan fingerprint density at radius 3 is 3.00 bits per heavy atom. The van der Waals surface area contributed by atoms with E-state index >= 15 is 0 Å². The van der Waals surface area contributed by atoms with Gasteiger partial charge in [0.1, 0.15) is 11.9 Å². The highest BCUT2D eigenvalue weighted by molar-refractivity contribution is 5.73. The molecule has 0 aliphatic carbocycles. The van der Waals surface area contributed by atoms with Crippen molar-refractivity contribution in [3.63, 3.8) is 0 Å². The molecule has 0 aliphatic heterocycles. The summed E-state index contributed by atoms with van der Waals surface area (Å²) in [5, 5.41) is 11.2. The van der Waals surface area contributed by atoms with Crippen LogP contribution >= 0.6 is 0 Å². The van der Waals surface area contributed by atoms with E-state index in [1.54, 1.807) is 24.3 Å². The van der Waals surface area contributed by atoms with Crippen molar-refractivity contribution in [2.24, 2.45) is 0 Å². The first-order chi connectivity index (χ1) is 7.65. The van der Waals surface area contributed by atoms with E-state index in [2.05, 4.69) is 5.32 Å². The summed E-state index contributed by atoms with van der Waals surface area (Å²) in [6.07, 6.45) is 3.16. The third kappa shape index (κ3) is 3.21. The molecule has 0 aromatic heterocycles. The molecule has 82 valence electrons. The molecule has 0 bridgehead atoms. The minimum absolute atomic E-state index is 0.0154. The predicted molar refractivity (Wildman–Crippen MR) is 58.8 cm³/mol. The average Bonchev–Trinajstić information content (AvgIpc) is 2.26. The summed E-state index contributed by atoms with van der Waals surface area (Å²) in [4.78, 5) is 10.6. The number of amides is 1. The first-order valence-corrected chi connectivity index (χ1v) is 4.74. The van der Waals surface area contributed by atoms with Gasteiger partial charge in [0.2, 0.25) is 5.91 Å². The van der Waals surface area contributed by atoms with E-state index in [0.29, 0.717) is 12.1 Å². The number of hydrogen-bond acceptors (Lipinski definition) is 2. The third-order valence-corrected chi connectivity index (χ3v) is 1.92. The minimum Gasteiger partial charge on any atom is -0.353 e. The Morgan fingerprint density at radius 2 is 2.38 bits per heavy atom. The van der Waals surface area contributed by atoms with Gasteiger partial charge >= 0.3 is 0 Å². The lowest BCUT2D eigenvalue weighted by molar-refractivity contribution is -0.118. The maximum atomic E-state index is 13.5. The van der Waals surface area contributed by atoms with Crippen molar-refractivity contribution in [3.05, 3.63) is 41.2 Å². The van der Waals surface area contributed by atoms with Gasteiger partial charge < -0.3 is 5.32 Å². The molecule has 1 aromatic rings. The van der Waals surface area contributed by atoms with Crippen molar-refractivity contribution in [1.82, 2.24) is 5.32 Å². The zero-order valence-electron chi connectivity index (χ0n) is 8.83. The summed E-state index contributed by atoms with van der Waals surface area (Å²) < 4.78 is 13.5. The molecule has 0 radical (unpaired) electrons. The number of nitriles is 1. The Morgan fingerprint density at radius 1 is 1.62 bits per heavy atom. The zero-order chi connectivity index (χ0) is 12.0. The fourth-order valence-corrected chi connectivity index (χ4v) is 1.15. The van der Waals surface area contributed by atoms with E-state index in [-0.39, 0.29) is 11.5 Å². The summed E-state index contributed by atoms with van der Waals surface area (Å²) in [7, 11) is 0. The highest BCUT2D eigenvalue weighted by Crippen LogP contribution is 2.13. The molecule has 0 spiro atoms. The monoisotopic (exact) mass is 218 g/mol. The first kappa shape index (κ1) is 11.9. The molecule has 1 aromatic carbocycles. The summed E-state index contributed by atoms with van der Waals surface area (Å²) in [5.74, 6) is -0.681. The van der Waals surface area contributed by atoms with Crippen LogP contribution in [0.25, 0.3) is 6.08 Å². The molecule has 0 aliphatic rings. The molecule has 1 N–H and O–H groups in total. The largest absolute Gasteiger partial charge is 0.353 e. The molecule has 0 unspecified atom stereocenters.